The van der Waals surface area contributed by atoms with Gasteiger partial charge in [-0.25, -0.2) is 0 Å². The summed E-state index contributed by atoms with van der Waals surface area (Å²) in [7, 11) is 2.04. The summed E-state index contributed by atoms with van der Waals surface area (Å²) in [6, 6.07) is 0. The van der Waals surface area contributed by atoms with E-state index < -0.39 is 0 Å². The maximum absolute atomic E-state index is 4.12. The Bertz CT molecular complexity index is 239. The molecule has 0 radical (unpaired) electrons. The van der Waals surface area contributed by atoms with Crippen molar-refractivity contribution in [2.45, 2.75) is 13.8 Å². The van der Waals surface area contributed by atoms with Gasteiger partial charge in [-0.3, -0.25) is 4.99 Å². The average Bonchev–Trinajstić information content (AvgIpc) is 2.16. The number of nitrogens with zero attached hydrogens (tertiary/aromatic N) is 2. The van der Waals surface area contributed by atoms with Crippen molar-refractivity contribution >= 4 is 6.21 Å². The molecule has 0 aliphatic carbocycles. The van der Waals surface area contributed by atoms with Crippen LogP contribution in [0.2, 0.25) is 0 Å². The van der Waals surface area contributed by atoms with Gasteiger partial charge in [-0.15, -0.1) is 0 Å². The van der Waals surface area contributed by atoms with E-state index in [1.807, 2.05) is 25.5 Å². The van der Waals surface area contributed by atoms with E-state index in [1.165, 1.54) is 5.70 Å². The Kier molecular flexibility index (Phi) is 3.55. The molecule has 0 bridgehead atoms. The van der Waals surface area contributed by atoms with E-state index in [0.717, 1.165) is 0 Å². The molecule has 0 spiro atoms. The number of hydrogen-bond acceptors (Lipinski definition) is 3. The third-order valence-electron chi connectivity index (χ3n) is 1.93. The summed E-state index contributed by atoms with van der Waals surface area (Å²) >= 11 is 0. The van der Waals surface area contributed by atoms with E-state index in [1.54, 1.807) is 6.21 Å². The van der Waals surface area contributed by atoms with Crippen molar-refractivity contribution in [3.63, 3.8) is 0 Å². The molecule has 0 fully saturated rings. The molecule has 0 aromatic heterocycles. The van der Waals surface area contributed by atoms with Gasteiger partial charge in [0.1, 0.15) is 6.67 Å². The topological polar surface area (TPSA) is 27.6 Å². The van der Waals surface area contributed by atoms with Gasteiger partial charge in [0.15, 0.2) is 0 Å². The van der Waals surface area contributed by atoms with Gasteiger partial charge in [-0.1, -0.05) is 13.8 Å². The molecule has 1 aliphatic rings. The molecule has 0 amide bonds. The van der Waals surface area contributed by atoms with Gasteiger partial charge in [0.25, 0.3) is 0 Å². The lowest BCUT2D eigenvalue weighted by molar-refractivity contribution is 0.482. The summed E-state index contributed by atoms with van der Waals surface area (Å²) in [6.07, 6.45) is 7.80. The van der Waals surface area contributed by atoms with Crippen molar-refractivity contribution in [2.24, 2.45) is 10.9 Å². The van der Waals surface area contributed by atoms with Gasteiger partial charge in [0, 0.05) is 31.4 Å². The molecule has 1 N–H and O–H groups in total. The van der Waals surface area contributed by atoms with Crippen LogP contribution in [0, 0.1) is 5.92 Å². The highest BCUT2D eigenvalue weighted by molar-refractivity contribution is 5.70. The zero-order valence-electron chi connectivity index (χ0n) is 8.49. The Labute approximate surface area is 79.8 Å². The Morgan fingerprint density at radius 3 is 3.00 bits per heavy atom. The zero-order chi connectivity index (χ0) is 9.68. The highest BCUT2D eigenvalue weighted by atomic mass is 15.1. The first-order valence-corrected chi connectivity index (χ1v) is 4.54. The van der Waals surface area contributed by atoms with E-state index >= 15 is 0 Å². The minimum Gasteiger partial charge on any atom is -0.371 e. The lowest BCUT2D eigenvalue weighted by atomic mass is 10.1. The minimum absolute atomic E-state index is 0.514. The molecule has 1 aliphatic heterocycles. The Balaban J connectivity index is 2.79. The van der Waals surface area contributed by atoms with Gasteiger partial charge in [-0.2, -0.15) is 0 Å². The van der Waals surface area contributed by atoms with E-state index in [0.29, 0.717) is 12.6 Å². The molecule has 3 heteroatoms. The molecule has 0 atom stereocenters. The van der Waals surface area contributed by atoms with Crippen LogP contribution >= 0.6 is 0 Å². The van der Waals surface area contributed by atoms with Crippen LogP contribution in [0.5, 0.6) is 0 Å². The molecule has 1 heterocycles. The largest absolute Gasteiger partial charge is 0.371 e. The number of hydrogen-bond donors (Lipinski definition) is 1. The monoisotopic (exact) mass is 179 g/mol. The van der Waals surface area contributed by atoms with Gasteiger partial charge in [0.2, 0.25) is 0 Å². The van der Waals surface area contributed by atoms with Gasteiger partial charge in [-0.05, 0) is 12.0 Å². The standard InChI is InChI=1S/C10H17N3/c1-9(2)10-7-12-8-11-5-4-6-13(10)3/h4-7,9,12H,8H2,1-3H3/b6-4-,10-7-,11-5-. The highest BCUT2D eigenvalue weighted by Gasteiger charge is 2.06. The summed E-state index contributed by atoms with van der Waals surface area (Å²) in [5.41, 5.74) is 1.27. The number of allylic oxidation sites excluding steroid dienone is 2. The van der Waals surface area contributed by atoms with E-state index in [9.17, 15) is 0 Å². The smallest absolute Gasteiger partial charge is 0.107 e. The number of nitrogens with one attached hydrogen (secondary N) is 1. The fourth-order valence-electron chi connectivity index (χ4n) is 1.25. The van der Waals surface area contributed by atoms with Gasteiger partial charge in [0.05, 0.1) is 0 Å². The third kappa shape index (κ3) is 2.93. The van der Waals surface area contributed by atoms with Crippen molar-refractivity contribution in [2.75, 3.05) is 13.7 Å². The molecule has 1 rings (SSSR count). The van der Waals surface area contributed by atoms with Crippen LogP contribution < -0.4 is 5.32 Å². The lowest BCUT2D eigenvalue weighted by Crippen LogP contribution is -2.18. The van der Waals surface area contributed by atoms with Crippen molar-refractivity contribution in [3.8, 4) is 0 Å². The van der Waals surface area contributed by atoms with Crippen molar-refractivity contribution in [3.05, 3.63) is 24.2 Å². The zero-order valence-corrected chi connectivity index (χ0v) is 8.49. The molecule has 0 aromatic carbocycles. The van der Waals surface area contributed by atoms with Crippen LogP contribution in [0.25, 0.3) is 0 Å². The van der Waals surface area contributed by atoms with Crippen molar-refractivity contribution in [1.29, 1.82) is 0 Å². The van der Waals surface area contributed by atoms with Gasteiger partial charge >= 0.3 is 0 Å². The van der Waals surface area contributed by atoms with Crippen LogP contribution in [0.4, 0.5) is 0 Å². The SMILES string of the molecule is CC(C)/C1=C/NC/N=C\C=C/N1C. The molecular weight excluding hydrogens is 162 g/mol. The molecule has 0 saturated carbocycles. The minimum atomic E-state index is 0.514. The second kappa shape index (κ2) is 4.70. The Hall–Kier alpha value is -1.25. The van der Waals surface area contributed by atoms with Crippen LogP contribution in [-0.2, 0) is 0 Å². The second-order valence-electron chi connectivity index (χ2n) is 3.37. The molecule has 0 aromatic rings. The predicted molar refractivity (Wildman–Crippen MR) is 56.3 cm³/mol. The van der Waals surface area contributed by atoms with Crippen LogP contribution in [-0.4, -0.2) is 24.8 Å². The van der Waals surface area contributed by atoms with E-state index in [2.05, 4.69) is 29.1 Å². The van der Waals surface area contributed by atoms with E-state index in [-0.39, 0.29) is 0 Å². The summed E-state index contributed by atoms with van der Waals surface area (Å²) in [5.74, 6) is 0.514. The fraction of sp³-hybridized carbons (Fsp3) is 0.500. The van der Waals surface area contributed by atoms with Crippen LogP contribution in [0.1, 0.15) is 13.8 Å². The quantitative estimate of drug-likeness (QED) is 0.661. The summed E-state index contributed by atoms with van der Waals surface area (Å²) < 4.78 is 0. The average molecular weight is 179 g/mol. The molecule has 0 saturated heterocycles. The van der Waals surface area contributed by atoms with Crippen molar-refractivity contribution in [1.82, 2.24) is 10.2 Å². The summed E-state index contributed by atoms with van der Waals surface area (Å²) in [6.45, 7) is 5.00. The molecule has 3 nitrogen and oxygen atoms in total. The summed E-state index contributed by atoms with van der Waals surface area (Å²) in [4.78, 5) is 6.23. The highest BCUT2D eigenvalue weighted by Crippen LogP contribution is 2.12. The number of aliphatic imine (C=N–C) groups is 1. The first-order chi connectivity index (χ1) is 6.22. The first kappa shape index (κ1) is 9.84. The lowest BCUT2D eigenvalue weighted by Gasteiger charge is -2.21. The maximum atomic E-state index is 4.12. The maximum Gasteiger partial charge on any atom is 0.107 e. The normalized spacial score (nSPS) is 26.5. The molecule has 72 valence electrons. The van der Waals surface area contributed by atoms with Crippen molar-refractivity contribution < 1.29 is 0 Å². The number of rotatable bonds is 1. The molecule has 13 heavy (non-hydrogen) atoms. The third-order valence-corrected chi connectivity index (χ3v) is 1.93. The summed E-state index contributed by atoms with van der Waals surface area (Å²) in [5, 5.41) is 3.15. The van der Waals surface area contributed by atoms with Crippen LogP contribution in [0.3, 0.4) is 0 Å². The fourth-order valence-corrected chi connectivity index (χ4v) is 1.25. The Morgan fingerprint density at radius 2 is 2.31 bits per heavy atom. The van der Waals surface area contributed by atoms with E-state index in [4.69, 9.17) is 0 Å². The Morgan fingerprint density at radius 1 is 1.54 bits per heavy atom. The second-order valence-corrected chi connectivity index (χ2v) is 3.37. The molecule has 0 unspecified atom stereocenters. The van der Waals surface area contributed by atoms with Crippen LogP contribution in [0.15, 0.2) is 29.2 Å². The first-order valence-electron chi connectivity index (χ1n) is 4.54. The molecular formula is C10H17N3. The van der Waals surface area contributed by atoms with Gasteiger partial charge < -0.3 is 10.2 Å². The predicted octanol–water partition coefficient (Wildman–Crippen LogP) is 1.56.